The molecule has 1 aromatic rings. The summed E-state index contributed by atoms with van der Waals surface area (Å²) in [5.41, 5.74) is 7.46. The molecule has 1 aromatic heterocycles. The maximum atomic E-state index is 10.4. The van der Waals surface area contributed by atoms with Crippen LogP contribution in [-0.2, 0) is 4.79 Å². The van der Waals surface area contributed by atoms with E-state index in [0.29, 0.717) is 17.4 Å². The van der Waals surface area contributed by atoms with Crippen molar-refractivity contribution in [1.29, 1.82) is 0 Å². The molecule has 0 atom stereocenters. The summed E-state index contributed by atoms with van der Waals surface area (Å²) in [6, 6.07) is 3.93. The third-order valence-electron chi connectivity index (χ3n) is 3.35. The Morgan fingerprint density at radius 2 is 2.06 bits per heavy atom. The Kier molecular flexibility index (Phi) is 3.60. The van der Waals surface area contributed by atoms with Gasteiger partial charge in [0.05, 0.1) is 18.1 Å². The highest BCUT2D eigenvalue weighted by Crippen LogP contribution is 2.37. The lowest BCUT2D eigenvalue weighted by Gasteiger charge is -2.26. The lowest BCUT2D eigenvalue weighted by atomic mass is 9.59. The molecule has 3 nitrogen and oxygen atoms in total. The monoisotopic (exact) mass is 215 g/mol. The molecule has 1 saturated carbocycles. The number of nitrogens with zero attached hydrogens (tertiary/aromatic N) is 1. The number of nitrogen functional groups attached to an aromatic ring is 1. The van der Waals surface area contributed by atoms with Gasteiger partial charge in [-0.1, -0.05) is 18.7 Å². The van der Waals surface area contributed by atoms with Gasteiger partial charge in [-0.25, -0.2) is 0 Å². The van der Waals surface area contributed by atoms with Gasteiger partial charge >= 0.3 is 0 Å². The average molecular weight is 215 g/mol. The molecular weight excluding hydrogens is 199 g/mol. The van der Waals surface area contributed by atoms with Gasteiger partial charge in [-0.2, -0.15) is 0 Å². The first-order valence-corrected chi connectivity index (χ1v) is 5.79. The van der Waals surface area contributed by atoms with Gasteiger partial charge in [-0.05, 0) is 25.0 Å². The van der Waals surface area contributed by atoms with Gasteiger partial charge < -0.3 is 10.5 Å². The molecule has 1 aliphatic carbocycles. The molecule has 0 aliphatic heterocycles. The van der Waals surface area contributed by atoms with Crippen LogP contribution in [-0.4, -0.2) is 18.4 Å². The van der Waals surface area contributed by atoms with Gasteiger partial charge in [0.1, 0.15) is 0 Å². The molecule has 83 valence electrons. The van der Waals surface area contributed by atoms with E-state index < -0.39 is 0 Å². The van der Waals surface area contributed by atoms with E-state index in [1.165, 1.54) is 0 Å². The lowest BCUT2D eigenvalue weighted by molar-refractivity contribution is 0.435. The van der Waals surface area contributed by atoms with E-state index in [0.717, 1.165) is 37.6 Å². The van der Waals surface area contributed by atoms with E-state index in [1.54, 1.807) is 13.5 Å². The number of pyridine rings is 1. The average Bonchev–Trinajstić information content (AvgIpc) is 2.32. The molecule has 0 saturated heterocycles. The van der Waals surface area contributed by atoms with Crippen molar-refractivity contribution in [3.8, 4) is 0 Å². The Balaban J connectivity index is 1.93. The SMILES string of the molecule is Nc1ccc(C2CCC([B]C=O)CC2)nc1. The topological polar surface area (TPSA) is 56.0 Å². The highest BCUT2D eigenvalue weighted by molar-refractivity contribution is 6.67. The molecule has 1 fully saturated rings. The Labute approximate surface area is 96.7 Å². The molecule has 0 spiro atoms. The summed E-state index contributed by atoms with van der Waals surface area (Å²) in [4.78, 5) is 14.7. The number of carbonyl (C=O) groups excluding carboxylic acids is 1. The molecule has 1 heterocycles. The van der Waals surface area contributed by atoms with Gasteiger partial charge in [0.25, 0.3) is 0 Å². The number of carbonyl (C=O) groups is 1. The van der Waals surface area contributed by atoms with Crippen molar-refractivity contribution >= 4 is 19.2 Å². The first kappa shape index (κ1) is 11.2. The van der Waals surface area contributed by atoms with E-state index in [9.17, 15) is 4.79 Å². The minimum absolute atomic E-state index is 0.475. The quantitative estimate of drug-likeness (QED) is 0.619. The van der Waals surface area contributed by atoms with Crippen LogP contribution in [0.5, 0.6) is 0 Å². The van der Waals surface area contributed by atoms with E-state index in [1.807, 2.05) is 12.1 Å². The molecule has 2 rings (SSSR count). The van der Waals surface area contributed by atoms with Crippen molar-refractivity contribution in [2.75, 3.05) is 5.73 Å². The summed E-state index contributed by atoms with van der Waals surface area (Å²) in [5.74, 6) is 1.01. The van der Waals surface area contributed by atoms with Crippen molar-refractivity contribution in [1.82, 2.24) is 4.98 Å². The minimum atomic E-state index is 0.475. The fourth-order valence-electron chi connectivity index (χ4n) is 2.38. The summed E-state index contributed by atoms with van der Waals surface area (Å²) in [5, 5.41) is 0. The maximum absolute atomic E-state index is 10.4. The molecule has 0 amide bonds. The third-order valence-corrected chi connectivity index (χ3v) is 3.35. The number of aromatic nitrogens is 1. The molecule has 0 bridgehead atoms. The van der Waals surface area contributed by atoms with E-state index in [-0.39, 0.29) is 0 Å². The molecule has 16 heavy (non-hydrogen) atoms. The van der Waals surface area contributed by atoms with Crippen LogP contribution >= 0.6 is 0 Å². The molecule has 0 aromatic carbocycles. The van der Waals surface area contributed by atoms with E-state index in [2.05, 4.69) is 4.98 Å². The van der Waals surface area contributed by atoms with E-state index in [4.69, 9.17) is 5.73 Å². The highest BCUT2D eigenvalue weighted by atomic mass is 16.1. The van der Waals surface area contributed by atoms with Crippen LogP contribution in [0.3, 0.4) is 0 Å². The van der Waals surface area contributed by atoms with Gasteiger partial charge in [-0.15, -0.1) is 0 Å². The Morgan fingerprint density at radius 3 is 2.62 bits per heavy atom. The minimum Gasteiger partial charge on any atom is -0.397 e. The fourth-order valence-corrected chi connectivity index (χ4v) is 2.38. The van der Waals surface area contributed by atoms with E-state index >= 15 is 0 Å². The summed E-state index contributed by atoms with van der Waals surface area (Å²) in [7, 11) is 1.78. The van der Waals surface area contributed by atoms with Crippen LogP contribution in [0.25, 0.3) is 0 Å². The maximum Gasteiger partial charge on any atom is 0.201 e. The molecule has 4 heteroatoms. The Bertz CT molecular complexity index is 345. The van der Waals surface area contributed by atoms with Crippen molar-refractivity contribution < 1.29 is 4.79 Å². The second kappa shape index (κ2) is 5.15. The van der Waals surface area contributed by atoms with Crippen LogP contribution < -0.4 is 5.73 Å². The fraction of sp³-hybridized carbons (Fsp3) is 0.500. The van der Waals surface area contributed by atoms with Gasteiger partial charge in [-0.3, -0.25) is 4.98 Å². The molecule has 1 aliphatic rings. The highest BCUT2D eigenvalue weighted by Gasteiger charge is 2.23. The second-order valence-corrected chi connectivity index (χ2v) is 4.46. The van der Waals surface area contributed by atoms with Gasteiger partial charge in [0.15, 0.2) is 0 Å². The summed E-state index contributed by atoms with van der Waals surface area (Å²) in [6.45, 7) is 0. The first-order valence-electron chi connectivity index (χ1n) is 5.79. The number of anilines is 1. The zero-order chi connectivity index (χ0) is 11.4. The van der Waals surface area contributed by atoms with Crippen molar-refractivity contribution in [3.05, 3.63) is 24.0 Å². The molecule has 0 unspecified atom stereocenters. The van der Waals surface area contributed by atoms with Crippen LogP contribution in [0.15, 0.2) is 18.3 Å². The predicted molar refractivity (Wildman–Crippen MR) is 66.1 cm³/mol. The number of nitrogens with two attached hydrogens (primary N) is 1. The van der Waals surface area contributed by atoms with Crippen molar-refractivity contribution in [2.24, 2.45) is 0 Å². The van der Waals surface area contributed by atoms with Crippen molar-refractivity contribution in [2.45, 2.75) is 37.4 Å². The lowest BCUT2D eigenvalue weighted by Crippen LogP contribution is -2.15. The van der Waals surface area contributed by atoms with Crippen LogP contribution in [0, 0.1) is 0 Å². The zero-order valence-electron chi connectivity index (χ0n) is 9.30. The Hall–Kier alpha value is -1.32. The first-order chi connectivity index (χ1) is 7.79. The molecule has 2 N–H and O–H groups in total. The zero-order valence-corrected chi connectivity index (χ0v) is 9.30. The van der Waals surface area contributed by atoms with Crippen LogP contribution in [0.2, 0.25) is 5.82 Å². The summed E-state index contributed by atoms with van der Waals surface area (Å²) >= 11 is 0. The number of hydrogen-bond donors (Lipinski definition) is 1. The second-order valence-electron chi connectivity index (χ2n) is 4.46. The number of rotatable bonds is 3. The van der Waals surface area contributed by atoms with Crippen LogP contribution in [0.1, 0.15) is 37.3 Å². The largest absolute Gasteiger partial charge is 0.397 e. The molecule has 1 radical (unpaired) electrons. The van der Waals surface area contributed by atoms with Crippen molar-refractivity contribution in [3.63, 3.8) is 0 Å². The normalized spacial score (nSPS) is 25.0. The van der Waals surface area contributed by atoms with Gasteiger partial charge in [0, 0.05) is 11.6 Å². The molecular formula is C12H16BN2O. The smallest absolute Gasteiger partial charge is 0.201 e. The standard InChI is InChI=1S/C12H16BN2O/c14-11-5-6-12(15-7-11)9-1-3-10(4-2-9)13-8-16/h5-10H,1-4,14H2. The van der Waals surface area contributed by atoms with Crippen LogP contribution in [0.4, 0.5) is 5.69 Å². The predicted octanol–water partition coefficient (Wildman–Crippen LogP) is 2.00. The summed E-state index contributed by atoms with van der Waals surface area (Å²) in [6.07, 6.45) is 7.06. The van der Waals surface area contributed by atoms with Gasteiger partial charge in [0.2, 0.25) is 7.28 Å². The summed E-state index contributed by atoms with van der Waals surface area (Å²) < 4.78 is 0. The number of hydrogen-bond acceptors (Lipinski definition) is 3. The third kappa shape index (κ3) is 2.63. The Morgan fingerprint density at radius 1 is 1.31 bits per heavy atom.